The highest BCUT2D eigenvalue weighted by Crippen LogP contribution is 2.29. The molecule has 1 aromatic carbocycles. The fourth-order valence-corrected chi connectivity index (χ4v) is 2.89. The first-order valence-electron chi connectivity index (χ1n) is 8.10. The Morgan fingerprint density at radius 2 is 2.04 bits per heavy atom. The van der Waals surface area contributed by atoms with Crippen molar-refractivity contribution in [1.29, 1.82) is 0 Å². The number of fused-ring (bicyclic) bond motifs is 1. The minimum absolute atomic E-state index is 0.0443. The van der Waals surface area contributed by atoms with Gasteiger partial charge in [-0.3, -0.25) is 4.79 Å². The van der Waals surface area contributed by atoms with Crippen LogP contribution in [0.4, 0.5) is 0 Å². The van der Waals surface area contributed by atoms with Crippen molar-refractivity contribution >= 4 is 16.9 Å². The molecule has 2 aromatic heterocycles. The average Bonchev–Trinajstić information content (AvgIpc) is 3.01. The molecule has 1 amide bonds. The van der Waals surface area contributed by atoms with Crippen LogP contribution >= 0.6 is 0 Å². The number of methoxy groups -OCH3 is 1. The molecule has 0 saturated carbocycles. The number of carbonyl (C=O) groups is 1. The molecule has 0 spiro atoms. The number of hydrogen-bond donors (Lipinski definition) is 0. The Hall–Kier alpha value is -3.02. The Labute approximate surface area is 145 Å². The molecule has 0 N–H and O–H groups in total. The zero-order chi connectivity index (χ0) is 17.4. The number of pyridine rings is 1. The number of amides is 1. The second-order valence-corrected chi connectivity index (χ2v) is 6.06. The molecule has 3 aromatic rings. The van der Waals surface area contributed by atoms with Gasteiger partial charge in [-0.05, 0) is 25.1 Å². The van der Waals surface area contributed by atoms with Gasteiger partial charge < -0.3 is 18.8 Å². The van der Waals surface area contributed by atoms with E-state index in [1.54, 1.807) is 18.1 Å². The summed E-state index contributed by atoms with van der Waals surface area (Å²) in [7, 11) is 1.58. The number of benzene rings is 1. The summed E-state index contributed by atoms with van der Waals surface area (Å²) in [5, 5.41) is 0.847. The first kappa shape index (κ1) is 15.5. The zero-order valence-corrected chi connectivity index (χ0v) is 14.1. The van der Waals surface area contributed by atoms with Gasteiger partial charge in [0.05, 0.1) is 20.2 Å². The maximum Gasteiger partial charge on any atom is 0.289 e. The van der Waals surface area contributed by atoms with Crippen molar-refractivity contribution in [1.82, 2.24) is 9.88 Å². The van der Waals surface area contributed by atoms with Crippen LogP contribution in [0.3, 0.4) is 0 Å². The number of aryl methyl sites for hydroxylation is 1. The maximum absolute atomic E-state index is 12.6. The van der Waals surface area contributed by atoms with E-state index in [4.69, 9.17) is 13.9 Å². The van der Waals surface area contributed by atoms with Crippen molar-refractivity contribution in [3.8, 4) is 11.6 Å². The summed E-state index contributed by atoms with van der Waals surface area (Å²) >= 11 is 0. The topological polar surface area (TPSA) is 64.8 Å². The number of nitrogens with zero attached hydrogens (tertiary/aromatic N) is 2. The summed E-state index contributed by atoms with van der Waals surface area (Å²) in [6.07, 6.45) is -0.0443. The van der Waals surface area contributed by atoms with Crippen LogP contribution in [0.5, 0.6) is 11.6 Å². The predicted octanol–water partition coefficient (Wildman–Crippen LogP) is 3.05. The number of para-hydroxylation sites is 1. The minimum Gasteiger partial charge on any atom is -0.493 e. The van der Waals surface area contributed by atoms with E-state index < -0.39 is 0 Å². The van der Waals surface area contributed by atoms with Gasteiger partial charge in [0.15, 0.2) is 17.1 Å². The van der Waals surface area contributed by atoms with Crippen LogP contribution in [0, 0.1) is 6.92 Å². The molecule has 6 heteroatoms. The van der Waals surface area contributed by atoms with Gasteiger partial charge >= 0.3 is 0 Å². The molecule has 3 heterocycles. The fourth-order valence-electron chi connectivity index (χ4n) is 2.89. The van der Waals surface area contributed by atoms with Crippen LogP contribution in [0.25, 0.3) is 11.0 Å². The summed E-state index contributed by atoms with van der Waals surface area (Å²) in [6, 6.07) is 13.0. The van der Waals surface area contributed by atoms with E-state index in [0.717, 1.165) is 11.1 Å². The van der Waals surface area contributed by atoms with Crippen LogP contribution in [-0.4, -0.2) is 42.1 Å². The van der Waals surface area contributed by atoms with Gasteiger partial charge in [-0.25, -0.2) is 4.98 Å². The van der Waals surface area contributed by atoms with Crippen LogP contribution in [0.2, 0.25) is 0 Å². The van der Waals surface area contributed by atoms with Crippen molar-refractivity contribution in [2.75, 3.05) is 20.2 Å². The highest BCUT2D eigenvalue weighted by molar-refractivity contribution is 5.97. The molecule has 25 heavy (non-hydrogen) atoms. The molecular formula is C19H18N2O4. The van der Waals surface area contributed by atoms with E-state index in [9.17, 15) is 4.79 Å². The second kappa shape index (κ2) is 6.12. The van der Waals surface area contributed by atoms with E-state index in [2.05, 4.69) is 4.98 Å². The zero-order valence-electron chi connectivity index (χ0n) is 14.1. The third-order valence-electron chi connectivity index (χ3n) is 4.22. The maximum atomic E-state index is 12.6. The van der Waals surface area contributed by atoms with Gasteiger partial charge in [-0.2, -0.15) is 0 Å². The van der Waals surface area contributed by atoms with Crippen LogP contribution in [0.1, 0.15) is 16.2 Å². The third-order valence-corrected chi connectivity index (χ3v) is 4.22. The van der Waals surface area contributed by atoms with Crippen LogP contribution < -0.4 is 9.47 Å². The van der Waals surface area contributed by atoms with E-state index in [1.165, 1.54) is 0 Å². The molecule has 128 valence electrons. The molecule has 0 unspecified atom stereocenters. The van der Waals surface area contributed by atoms with E-state index in [-0.39, 0.29) is 12.0 Å². The summed E-state index contributed by atoms with van der Waals surface area (Å²) in [5.41, 5.74) is 1.49. The summed E-state index contributed by atoms with van der Waals surface area (Å²) in [6.45, 7) is 2.95. The largest absolute Gasteiger partial charge is 0.493 e. The van der Waals surface area contributed by atoms with E-state index in [0.29, 0.717) is 36.1 Å². The lowest BCUT2D eigenvalue weighted by Gasteiger charge is -2.38. The number of carbonyl (C=O) groups excluding carboxylic acids is 1. The molecular weight excluding hydrogens is 320 g/mol. The monoisotopic (exact) mass is 338 g/mol. The van der Waals surface area contributed by atoms with E-state index >= 15 is 0 Å². The molecule has 0 atom stereocenters. The molecule has 1 aliphatic heterocycles. The number of aromatic nitrogens is 1. The standard InChI is InChI=1S/C19H18N2O4/c1-12-5-3-8-17(20-12)24-14-10-21(11-14)19(22)16-9-13-6-4-7-15(23-2)18(13)25-16/h3-9,14H,10-11H2,1-2H3. The Balaban J connectivity index is 1.43. The normalized spacial score (nSPS) is 14.4. The minimum atomic E-state index is -0.143. The number of likely N-dealkylation sites (tertiary alicyclic amines) is 1. The number of hydrogen-bond acceptors (Lipinski definition) is 5. The Morgan fingerprint density at radius 3 is 2.80 bits per heavy atom. The number of ether oxygens (including phenoxy) is 2. The van der Waals surface area contributed by atoms with Gasteiger partial charge in [0.25, 0.3) is 5.91 Å². The second-order valence-electron chi connectivity index (χ2n) is 6.06. The van der Waals surface area contributed by atoms with Crippen LogP contribution in [-0.2, 0) is 0 Å². The lowest BCUT2D eigenvalue weighted by atomic mass is 10.1. The summed E-state index contributed by atoms with van der Waals surface area (Å²) in [5.74, 6) is 1.37. The molecule has 1 aliphatic rings. The summed E-state index contributed by atoms with van der Waals surface area (Å²) < 4.78 is 16.8. The molecule has 0 bridgehead atoms. The Bertz CT molecular complexity index is 928. The van der Waals surface area contributed by atoms with Gasteiger partial charge in [0, 0.05) is 17.1 Å². The first-order chi connectivity index (χ1) is 12.1. The van der Waals surface area contributed by atoms with Crippen molar-refractivity contribution in [2.45, 2.75) is 13.0 Å². The SMILES string of the molecule is COc1cccc2cc(C(=O)N3CC(Oc4cccc(C)n4)C3)oc12. The van der Waals surface area contributed by atoms with Crippen molar-refractivity contribution in [3.05, 3.63) is 53.9 Å². The molecule has 1 fully saturated rings. The van der Waals surface area contributed by atoms with Crippen molar-refractivity contribution < 1.29 is 18.7 Å². The van der Waals surface area contributed by atoms with E-state index in [1.807, 2.05) is 43.3 Å². The predicted molar refractivity (Wildman–Crippen MR) is 92.1 cm³/mol. The van der Waals surface area contributed by atoms with Gasteiger partial charge in [0.2, 0.25) is 5.88 Å². The fraction of sp³-hybridized carbons (Fsp3) is 0.263. The lowest BCUT2D eigenvalue weighted by Crippen LogP contribution is -2.56. The van der Waals surface area contributed by atoms with Crippen molar-refractivity contribution in [3.63, 3.8) is 0 Å². The first-order valence-corrected chi connectivity index (χ1v) is 8.10. The molecule has 1 saturated heterocycles. The highest BCUT2D eigenvalue weighted by Gasteiger charge is 2.34. The van der Waals surface area contributed by atoms with Crippen molar-refractivity contribution in [2.24, 2.45) is 0 Å². The lowest BCUT2D eigenvalue weighted by molar-refractivity contribution is 0.0139. The van der Waals surface area contributed by atoms with Gasteiger partial charge in [0.1, 0.15) is 6.10 Å². The highest BCUT2D eigenvalue weighted by atomic mass is 16.5. The smallest absolute Gasteiger partial charge is 0.289 e. The quantitative estimate of drug-likeness (QED) is 0.731. The molecule has 0 aliphatic carbocycles. The molecule has 6 nitrogen and oxygen atoms in total. The van der Waals surface area contributed by atoms with Gasteiger partial charge in [-0.1, -0.05) is 18.2 Å². The average molecular weight is 338 g/mol. The van der Waals surface area contributed by atoms with Crippen LogP contribution in [0.15, 0.2) is 46.9 Å². The summed E-state index contributed by atoms with van der Waals surface area (Å²) in [4.78, 5) is 18.6. The number of furan rings is 1. The van der Waals surface area contributed by atoms with Gasteiger partial charge in [-0.15, -0.1) is 0 Å². The Morgan fingerprint density at radius 1 is 1.24 bits per heavy atom. The molecule has 0 radical (unpaired) electrons. The molecule has 4 rings (SSSR count). The number of rotatable bonds is 4. The Kier molecular flexibility index (Phi) is 3.80. The third kappa shape index (κ3) is 2.91.